The third-order valence-electron chi connectivity index (χ3n) is 3.86. The Hall–Kier alpha value is -0.610. The van der Waals surface area contributed by atoms with E-state index in [9.17, 15) is 4.79 Å². The highest BCUT2D eigenvalue weighted by Crippen LogP contribution is 2.27. The molecule has 0 unspecified atom stereocenters. The topological polar surface area (TPSA) is 58.4 Å². The number of nitrogens with zero attached hydrogens (tertiary/aromatic N) is 1. The lowest BCUT2D eigenvalue weighted by Gasteiger charge is -2.23. The Labute approximate surface area is 97.6 Å². The van der Waals surface area contributed by atoms with Crippen molar-refractivity contribution in [3.8, 4) is 0 Å². The number of likely N-dealkylation sites (tertiary alicyclic amines) is 1. The Morgan fingerprint density at radius 1 is 1.19 bits per heavy atom. The molecule has 0 aromatic carbocycles. The maximum atomic E-state index is 11.9. The van der Waals surface area contributed by atoms with E-state index in [1.54, 1.807) is 0 Å². The predicted molar refractivity (Wildman–Crippen MR) is 64.1 cm³/mol. The number of nitrogens with one attached hydrogen (secondary N) is 1. The van der Waals surface area contributed by atoms with Crippen molar-refractivity contribution in [1.29, 1.82) is 0 Å². The molecule has 2 aliphatic rings. The molecule has 4 nitrogen and oxygen atoms in total. The summed E-state index contributed by atoms with van der Waals surface area (Å²) in [6, 6.07) is 0. The maximum absolute atomic E-state index is 11.9. The van der Waals surface area contributed by atoms with Gasteiger partial charge in [0.05, 0.1) is 5.54 Å². The first-order valence-corrected chi connectivity index (χ1v) is 6.50. The summed E-state index contributed by atoms with van der Waals surface area (Å²) in [5.74, 6) is 0.0594. The van der Waals surface area contributed by atoms with Crippen LogP contribution in [-0.2, 0) is 4.79 Å². The molecule has 0 bridgehead atoms. The molecule has 0 aromatic rings. The molecule has 4 heteroatoms. The lowest BCUT2D eigenvalue weighted by atomic mass is 9.98. The highest BCUT2D eigenvalue weighted by atomic mass is 16.2. The highest BCUT2D eigenvalue weighted by molar-refractivity contribution is 5.86. The van der Waals surface area contributed by atoms with E-state index in [1.807, 2.05) is 0 Å². The fourth-order valence-electron chi connectivity index (χ4n) is 2.74. The Kier molecular flexibility index (Phi) is 3.82. The van der Waals surface area contributed by atoms with Crippen molar-refractivity contribution in [3.63, 3.8) is 0 Å². The van der Waals surface area contributed by atoms with Gasteiger partial charge in [-0.2, -0.15) is 0 Å². The Morgan fingerprint density at radius 2 is 1.81 bits per heavy atom. The first-order chi connectivity index (χ1) is 7.71. The number of carbonyl (C=O) groups excluding carboxylic acids is 1. The van der Waals surface area contributed by atoms with Crippen molar-refractivity contribution in [2.45, 2.75) is 44.1 Å². The summed E-state index contributed by atoms with van der Waals surface area (Å²) >= 11 is 0. The lowest BCUT2D eigenvalue weighted by molar-refractivity contribution is -0.126. The summed E-state index contributed by atoms with van der Waals surface area (Å²) in [5, 5.41) is 2.99. The molecule has 2 fully saturated rings. The summed E-state index contributed by atoms with van der Waals surface area (Å²) in [6.07, 6.45) is 6.49. The molecule has 1 amide bonds. The van der Waals surface area contributed by atoms with Crippen LogP contribution in [0.1, 0.15) is 38.5 Å². The van der Waals surface area contributed by atoms with Gasteiger partial charge in [-0.3, -0.25) is 4.79 Å². The zero-order chi connectivity index (χ0) is 11.4. The molecule has 2 rings (SSSR count). The van der Waals surface area contributed by atoms with Crippen LogP contribution in [0.25, 0.3) is 0 Å². The maximum Gasteiger partial charge on any atom is 0.240 e. The van der Waals surface area contributed by atoms with E-state index in [-0.39, 0.29) is 5.91 Å². The van der Waals surface area contributed by atoms with Gasteiger partial charge in [0.15, 0.2) is 0 Å². The molecule has 1 heterocycles. The normalized spacial score (nSPS) is 24.8. The summed E-state index contributed by atoms with van der Waals surface area (Å²) in [6.45, 7) is 4.09. The van der Waals surface area contributed by atoms with Crippen LogP contribution in [0, 0.1) is 0 Å². The minimum Gasteiger partial charge on any atom is -0.353 e. The van der Waals surface area contributed by atoms with Crippen molar-refractivity contribution >= 4 is 5.91 Å². The van der Waals surface area contributed by atoms with Gasteiger partial charge in [0.1, 0.15) is 0 Å². The van der Waals surface area contributed by atoms with Crippen LogP contribution in [0.3, 0.4) is 0 Å². The zero-order valence-corrected chi connectivity index (χ0v) is 10.0. The number of hydrogen-bond donors (Lipinski definition) is 2. The highest BCUT2D eigenvalue weighted by Gasteiger charge is 2.36. The third kappa shape index (κ3) is 2.74. The molecule has 0 radical (unpaired) electrons. The number of amides is 1. The standard InChI is InChI=1S/C12H23N3O/c13-12(5-1-2-6-12)11(16)14-7-10-15-8-3-4-9-15/h1-10,13H2,(H,14,16). The Balaban J connectivity index is 1.67. The van der Waals surface area contributed by atoms with E-state index in [0.717, 1.165) is 38.8 Å². The molecule has 16 heavy (non-hydrogen) atoms. The second-order valence-electron chi connectivity index (χ2n) is 5.17. The molecule has 3 N–H and O–H groups in total. The van der Waals surface area contributed by atoms with E-state index in [2.05, 4.69) is 10.2 Å². The zero-order valence-electron chi connectivity index (χ0n) is 10.0. The molecule has 1 aliphatic carbocycles. The van der Waals surface area contributed by atoms with Crippen molar-refractivity contribution < 1.29 is 4.79 Å². The average Bonchev–Trinajstić information content (AvgIpc) is 2.90. The molecule has 1 saturated carbocycles. The fourth-order valence-corrected chi connectivity index (χ4v) is 2.74. The number of nitrogens with two attached hydrogens (primary N) is 1. The van der Waals surface area contributed by atoms with Gasteiger partial charge in [-0.25, -0.2) is 0 Å². The number of carbonyl (C=O) groups is 1. The van der Waals surface area contributed by atoms with Crippen molar-refractivity contribution in [3.05, 3.63) is 0 Å². The first kappa shape index (κ1) is 11.9. The summed E-state index contributed by atoms with van der Waals surface area (Å²) in [7, 11) is 0. The van der Waals surface area contributed by atoms with E-state index in [4.69, 9.17) is 5.73 Å². The van der Waals surface area contributed by atoms with Gasteiger partial charge < -0.3 is 16.0 Å². The van der Waals surface area contributed by atoms with Crippen molar-refractivity contribution in [2.75, 3.05) is 26.2 Å². The van der Waals surface area contributed by atoms with Gasteiger partial charge in [0.25, 0.3) is 0 Å². The van der Waals surface area contributed by atoms with Gasteiger partial charge in [0, 0.05) is 13.1 Å². The van der Waals surface area contributed by atoms with Crippen LogP contribution < -0.4 is 11.1 Å². The molecule has 0 atom stereocenters. The minimum atomic E-state index is -0.564. The van der Waals surface area contributed by atoms with Crippen LogP contribution in [-0.4, -0.2) is 42.5 Å². The van der Waals surface area contributed by atoms with E-state index in [0.29, 0.717) is 0 Å². The summed E-state index contributed by atoms with van der Waals surface area (Å²) in [4.78, 5) is 14.3. The lowest BCUT2D eigenvalue weighted by Crippen LogP contribution is -2.53. The summed E-state index contributed by atoms with van der Waals surface area (Å²) in [5.41, 5.74) is 5.51. The van der Waals surface area contributed by atoms with Crippen LogP contribution in [0.15, 0.2) is 0 Å². The van der Waals surface area contributed by atoms with Gasteiger partial charge in [0.2, 0.25) is 5.91 Å². The van der Waals surface area contributed by atoms with E-state index >= 15 is 0 Å². The second-order valence-corrected chi connectivity index (χ2v) is 5.17. The second kappa shape index (κ2) is 5.15. The van der Waals surface area contributed by atoms with Gasteiger partial charge in [-0.05, 0) is 38.8 Å². The first-order valence-electron chi connectivity index (χ1n) is 6.50. The van der Waals surface area contributed by atoms with Gasteiger partial charge in [-0.1, -0.05) is 12.8 Å². The molecule has 1 aliphatic heterocycles. The van der Waals surface area contributed by atoms with E-state index < -0.39 is 5.54 Å². The monoisotopic (exact) mass is 225 g/mol. The van der Waals surface area contributed by atoms with Crippen LogP contribution in [0.4, 0.5) is 0 Å². The van der Waals surface area contributed by atoms with E-state index in [1.165, 1.54) is 25.9 Å². The molecular weight excluding hydrogens is 202 g/mol. The molecule has 0 aromatic heterocycles. The smallest absolute Gasteiger partial charge is 0.240 e. The SMILES string of the molecule is NC1(C(=O)NCCN2CCCC2)CCCC1. The van der Waals surface area contributed by atoms with Crippen molar-refractivity contribution in [1.82, 2.24) is 10.2 Å². The van der Waals surface area contributed by atoms with Crippen LogP contribution >= 0.6 is 0 Å². The molecular formula is C12H23N3O. The third-order valence-corrected chi connectivity index (χ3v) is 3.86. The average molecular weight is 225 g/mol. The fraction of sp³-hybridized carbons (Fsp3) is 0.917. The largest absolute Gasteiger partial charge is 0.353 e. The van der Waals surface area contributed by atoms with Gasteiger partial charge >= 0.3 is 0 Å². The summed E-state index contributed by atoms with van der Waals surface area (Å²) < 4.78 is 0. The predicted octanol–water partition coefficient (Wildman–Crippen LogP) is 0.470. The quantitative estimate of drug-likeness (QED) is 0.731. The minimum absolute atomic E-state index is 0.0594. The van der Waals surface area contributed by atoms with Crippen molar-refractivity contribution in [2.24, 2.45) is 5.73 Å². The number of rotatable bonds is 4. The Bertz CT molecular complexity index is 243. The van der Waals surface area contributed by atoms with Crippen LogP contribution in [0.2, 0.25) is 0 Å². The molecule has 92 valence electrons. The van der Waals surface area contributed by atoms with Gasteiger partial charge in [-0.15, -0.1) is 0 Å². The number of hydrogen-bond acceptors (Lipinski definition) is 3. The molecule has 1 saturated heterocycles. The van der Waals surface area contributed by atoms with Crippen LogP contribution in [0.5, 0.6) is 0 Å². The molecule has 0 spiro atoms. The Morgan fingerprint density at radius 3 is 2.44 bits per heavy atom.